The first-order chi connectivity index (χ1) is 12.1. The molecule has 0 unspecified atom stereocenters. The number of amides is 2. The molecular weight excluding hydrogens is 384 g/mol. The zero-order chi connectivity index (χ0) is 17.6. The zero-order valence-electron chi connectivity index (χ0n) is 13.2. The molecule has 2 N–H and O–H groups in total. The van der Waals surface area contributed by atoms with E-state index in [-0.39, 0.29) is 11.8 Å². The molecule has 6 heteroatoms. The Bertz CT molecular complexity index is 891. The molecule has 3 rings (SSSR count). The molecule has 0 saturated carbocycles. The number of carbonyl (C=O) groups excluding carboxylic acids is 2. The van der Waals surface area contributed by atoms with E-state index in [2.05, 4.69) is 26.6 Å². The Morgan fingerprint density at radius 3 is 2.40 bits per heavy atom. The van der Waals surface area contributed by atoms with Crippen LogP contribution in [0, 0.1) is 0 Å². The molecule has 126 valence electrons. The molecule has 5 nitrogen and oxygen atoms in total. The lowest BCUT2D eigenvalue weighted by Gasteiger charge is -2.08. The summed E-state index contributed by atoms with van der Waals surface area (Å²) in [6.45, 7) is 0.292. The molecule has 25 heavy (non-hydrogen) atoms. The lowest BCUT2D eigenvalue weighted by Crippen LogP contribution is -2.23. The number of benzene rings is 2. The van der Waals surface area contributed by atoms with Crippen LogP contribution >= 0.6 is 15.9 Å². The summed E-state index contributed by atoms with van der Waals surface area (Å²) < 4.78 is 6.05. The molecule has 2 aromatic carbocycles. The maximum atomic E-state index is 12.4. The lowest BCUT2D eigenvalue weighted by atomic mass is 10.1. The van der Waals surface area contributed by atoms with Crippen molar-refractivity contribution in [2.45, 2.75) is 6.54 Å². The molecule has 0 saturated heterocycles. The van der Waals surface area contributed by atoms with Crippen LogP contribution in [0.1, 0.15) is 26.5 Å². The molecule has 3 aromatic rings. The van der Waals surface area contributed by atoms with Crippen LogP contribution in [0.15, 0.2) is 75.8 Å². The van der Waals surface area contributed by atoms with Crippen LogP contribution in [0.3, 0.4) is 0 Å². The lowest BCUT2D eigenvalue weighted by molar-refractivity contribution is 0.0948. The molecule has 0 atom stereocenters. The minimum atomic E-state index is -0.279. The Morgan fingerprint density at radius 1 is 0.920 bits per heavy atom. The second kappa shape index (κ2) is 7.81. The monoisotopic (exact) mass is 398 g/mol. The van der Waals surface area contributed by atoms with Gasteiger partial charge in [-0.3, -0.25) is 9.59 Å². The Balaban J connectivity index is 1.67. The predicted octanol–water partition coefficient (Wildman–Crippen LogP) is 4.22. The van der Waals surface area contributed by atoms with Crippen LogP contribution < -0.4 is 10.6 Å². The summed E-state index contributed by atoms with van der Waals surface area (Å²) in [7, 11) is 0. The fraction of sp³-hybridized carbons (Fsp3) is 0.0526. The minimum absolute atomic E-state index is 0.270. The van der Waals surface area contributed by atoms with Crippen molar-refractivity contribution in [3.05, 3.63) is 88.3 Å². The van der Waals surface area contributed by atoms with Crippen LogP contribution in [0.4, 0.5) is 5.69 Å². The summed E-state index contributed by atoms with van der Waals surface area (Å²) in [5, 5.41) is 5.56. The Kier molecular flexibility index (Phi) is 5.30. The Labute approximate surface area is 153 Å². The quantitative estimate of drug-likeness (QED) is 0.675. The third kappa shape index (κ3) is 4.58. The van der Waals surface area contributed by atoms with Gasteiger partial charge in [0.2, 0.25) is 0 Å². The van der Waals surface area contributed by atoms with Gasteiger partial charge in [-0.25, -0.2) is 0 Å². The van der Waals surface area contributed by atoms with E-state index in [1.165, 1.54) is 0 Å². The maximum Gasteiger partial charge on any atom is 0.255 e. The number of furan rings is 1. The van der Waals surface area contributed by atoms with Crippen LogP contribution in [0.25, 0.3) is 0 Å². The average Bonchev–Trinajstić information content (AvgIpc) is 3.13. The Morgan fingerprint density at radius 2 is 1.68 bits per heavy atom. The first-order valence-electron chi connectivity index (χ1n) is 7.59. The second-order valence-corrected chi connectivity index (χ2v) is 6.22. The van der Waals surface area contributed by atoms with Gasteiger partial charge in [-0.1, -0.05) is 28.1 Å². The SMILES string of the molecule is O=C(NCc1ccco1)c1cccc(C(=O)Nc2cccc(Br)c2)c1. The highest BCUT2D eigenvalue weighted by Crippen LogP contribution is 2.17. The van der Waals surface area contributed by atoms with Crippen molar-refractivity contribution in [2.75, 3.05) is 5.32 Å². The van der Waals surface area contributed by atoms with Gasteiger partial charge in [0.05, 0.1) is 12.8 Å². The van der Waals surface area contributed by atoms with Crippen molar-refractivity contribution < 1.29 is 14.0 Å². The van der Waals surface area contributed by atoms with Crippen LogP contribution in [0.2, 0.25) is 0 Å². The van der Waals surface area contributed by atoms with Crippen molar-refractivity contribution in [1.29, 1.82) is 0 Å². The summed E-state index contributed by atoms with van der Waals surface area (Å²) in [4.78, 5) is 24.6. The predicted molar refractivity (Wildman–Crippen MR) is 98.4 cm³/mol. The summed E-state index contributed by atoms with van der Waals surface area (Å²) in [5.41, 5.74) is 1.49. The molecule has 1 heterocycles. The third-order valence-corrected chi connectivity index (χ3v) is 3.97. The van der Waals surface area contributed by atoms with Crippen molar-refractivity contribution in [3.8, 4) is 0 Å². The van der Waals surface area contributed by atoms with Crippen molar-refractivity contribution in [2.24, 2.45) is 0 Å². The largest absolute Gasteiger partial charge is 0.467 e. The highest BCUT2D eigenvalue weighted by atomic mass is 79.9. The number of rotatable bonds is 5. The average molecular weight is 399 g/mol. The zero-order valence-corrected chi connectivity index (χ0v) is 14.7. The number of hydrogen-bond donors (Lipinski definition) is 2. The van der Waals surface area contributed by atoms with Gasteiger partial charge in [0.25, 0.3) is 11.8 Å². The van der Waals surface area contributed by atoms with Gasteiger partial charge >= 0.3 is 0 Å². The van der Waals surface area contributed by atoms with E-state index in [1.807, 2.05) is 12.1 Å². The van der Waals surface area contributed by atoms with E-state index in [4.69, 9.17) is 4.42 Å². The van der Waals surface area contributed by atoms with Gasteiger partial charge in [-0.05, 0) is 48.5 Å². The van der Waals surface area contributed by atoms with Gasteiger partial charge in [0.15, 0.2) is 0 Å². The van der Waals surface area contributed by atoms with Gasteiger partial charge in [0, 0.05) is 21.3 Å². The van der Waals surface area contributed by atoms with Crippen molar-refractivity contribution in [3.63, 3.8) is 0 Å². The molecule has 1 aromatic heterocycles. The number of nitrogens with one attached hydrogen (secondary N) is 2. The van der Waals surface area contributed by atoms with E-state index < -0.39 is 0 Å². The number of anilines is 1. The number of halogens is 1. The highest BCUT2D eigenvalue weighted by Gasteiger charge is 2.11. The normalized spacial score (nSPS) is 10.3. The molecule has 0 fully saturated rings. The molecule has 0 aliphatic rings. The van der Waals surface area contributed by atoms with E-state index in [1.54, 1.807) is 54.8 Å². The van der Waals surface area contributed by atoms with Crippen LogP contribution in [0.5, 0.6) is 0 Å². The topological polar surface area (TPSA) is 71.3 Å². The third-order valence-electron chi connectivity index (χ3n) is 3.47. The highest BCUT2D eigenvalue weighted by molar-refractivity contribution is 9.10. The molecule has 0 spiro atoms. The first kappa shape index (κ1) is 17.0. The fourth-order valence-corrected chi connectivity index (χ4v) is 2.65. The van der Waals surface area contributed by atoms with Gasteiger partial charge in [0.1, 0.15) is 5.76 Å². The van der Waals surface area contributed by atoms with E-state index in [9.17, 15) is 9.59 Å². The minimum Gasteiger partial charge on any atom is -0.467 e. The fourth-order valence-electron chi connectivity index (χ4n) is 2.25. The van der Waals surface area contributed by atoms with E-state index in [0.29, 0.717) is 29.1 Å². The molecule has 0 bridgehead atoms. The number of carbonyl (C=O) groups is 2. The van der Waals surface area contributed by atoms with Crippen molar-refractivity contribution in [1.82, 2.24) is 5.32 Å². The summed E-state index contributed by atoms with van der Waals surface area (Å²) in [5.74, 6) is 0.115. The molecule has 0 aliphatic carbocycles. The molecule has 2 amide bonds. The standard InChI is InChI=1S/C19H15BrN2O3/c20-15-6-2-7-16(11-15)22-19(24)14-5-1-4-13(10-14)18(23)21-12-17-8-3-9-25-17/h1-11H,12H2,(H,21,23)(H,22,24). The van der Waals surface area contributed by atoms with Gasteiger partial charge < -0.3 is 15.1 Å². The van der Waals surface area contributed by atoms with E-state index in [0.717, 1.165) is 4.47 Å². The van der Waals surface area contributed by atoms with Crippen LogP contribution in [-0.2, 0) is 6.54 Å². The van der Waals surface area contributed by atoms with Gasteiger partial charge in [-0.2, -0.15) is 0 Å². The Hall–Kier alpha value is -2.86. The smallest absolute Gasteiger partial charge is 0.255 e. The molecule has 0 radical (unpaired) electrons. The van der Waals surface area contributed by atoms with Gasteiger partial charge in [-0.15, -0.1) is 0 Å². The second-order valence-electron chi connectivity index (χ2n) is 5.31. The van der Waals surface area contributed by atoms with Crippen LogP contribution in [-0.4, -0.2) is 11.8 Å². The number of hydrogen-bond acceptors (Lipinski definition) is 3. The first-order valence-corrected chi connectivity index (χ1v) is 8.39. The summed E-state index contributed by atoms with van der Waals surface area (Å²) in [6, 6.07) is 17.4. The molecular formula is C19H15BrN2O3. The summed E-state index contributed by atoms with van der Waals surface area (Å²) in [6.07, 6.45) is 1.55. The maximum absolute atomic E-state index is 12.4. The molecule has 0 aliphatic heterocycles. The summed E-state index contributed by atoms with van der Waals surface area (Å²) >= 11 is 3.36. The van der Waals surface area contributed by atoms with Crippen molar-refractivity contribution >= 4 is 33.4 Å². The van der Waals surface area contributed by atoms with E-state index >= 15 is 0 Å².